The van der Waals surface area contributed by atoms with E-state index in [9.17, 15) is 0 Å². The lowest BCUT2D eigenvalue weighted by Crippen LogP contribution is -2.08. The predicted molar refractivity (Wildman–Crippen MR) is 72.4 cm³/mol. The first-order valence-corrected chi connectivity index (χ1v) is 7.30. The van der Waals surface area contributed by atoms with Crippen molar-refractivity contribution < 1.29 is 0 Å². The summed E-state index contributed by atoms with van der Waals surface area (Å²) in [5, 5.41) is 0. The summed E-state index contributed by atoms with van der Waals surface area (Å²) in [6.45, 7) is 1.13. The highest BCUT2D eigenvalue weighted by atomic mass is 32.2. The Hall–Kier alpha value is -1.22. The van der Waals surface area contributed by atoms with Gasteiger partial charge in [-0.25, -0.2) is 4.98 Å². The minimum atomic E-state index is 1.12. The molecular formula is C14H16N2S. The second-order valence-corrected chi connectivity index (χ2v) is 5.30. The normalized spacial score (nSPS) is 14.6. The maximum Gasteiger partial charge on any atom is 0.109 e. The van der Waals surface area contributed by atoms with E-state index in [4.69, 9.17) is 4.98 Å². The zero-order valence-corrected chi connectivity index (χ0v) is 10.8. The Labute approximate surface area is 106 Å². The number of rotatable bonds is 2. The van der Waals surface area contributed by atoms with E-state index in [1.165, 1.54) is 29.1 Å². The number of aryl methyl sites for hydroxylation is 2. The van der Waals surface area contributed by atoms with Gasteiger partial charge in [0.1, 0.15) is 5.82 Å². The Kier molecular flexibility index (Phi) is 2.93. The zero-order valence-electron chi connectivity index (χ0n) is 10.0. The van der Waals surface area contributed by atoms with Crippen LogP contribution < -0.4 is 0 Å². The topological polar surface area (TPSA) is 17.8 Å². The number of nitrogens with zero attached hydrogens (tertiary/aromatic N) is 2. The van der Waals surface area contributed by atoms with Crippen molar-refractivity contribution in [3.63, 3.8) is 0 Å². The molecule has 2 aromatic rings. The molecule has 1 aromatic heterocycles. The molecule has 88 valence electrons. The second kappa shape index (κ2) is 4.57. The molecule has 0 fully saturated rings. The number of hydrogen-bond donors (Lipinski definition) is 0. The van der Waals surface area contributed by atoms with E-state index in [-0.39, 0.29) is 0 Å². The van der Waals surface area contributed by atoms with Crippen LogP contribution in [0, 0.1) is 0 Å². The minimum Gasteiger partial charge on any atom is -0.334 e. The summed E-state index contributed by atoms with van der Waals surface area (Å²) in [5.74, 6) is 1.25. The van der Waals surface area contributed by atoms with Crippen LogP contribution in [0.1, 0.15) is 18.7 Å². The molecule has 0 saturated carbocycles. The van der Waals surface area contributed by atoms with Gasteiger partial charge in [0, 0.05) is 29.6 Å². The van der Waals surface area contributed by atoms with Crippen LogP contribution in [0.5, 0.6) is 0 Å². The van der Waals surface area contributed by atoms with Crippen molar-refractivity contribution in [2.45, 2.75) is 30.7 Å². The number of imidazole rings is 1. The number of aromatic nitrogens is 2. The summed E-state index contributed by atoms with van der Waals surface area (Å²) >= 11 is 1.77. The fraction of sp³-hybridized carbons (Fsp3) is 0.357. The lowest BCUT2D eigenvalue weighted by molar-refractivity contribution is 0.522. The number of benzene rings is 1. The molecule has 1 aliphatic rings. The lowest BCUT2D eigenvalue weighted by atomic mass is 10.2. The highest BCUT2D eigenvalue weighted by Crippen LogP contribution is 2.24. The van der Waals surface area contributed by atoms with Crippen LogP contribution in [0.15, 0.2) is 35.4 Å². The summed E-state index contributed by atoms with van der Waals surface area (Å²) in [6.07, 6.45) is 7.99. The molecule has 0 spiro atoms. The van der Waals surface area contributed by atoms with Crippen LogP contribution >= 0.6 is 11.8 Å². The summed E-state index contributed by atoms with van der Waals surface area (Å²) in [7, 11) is 0. The van der Waals surface area contributed by atoms with Crippen molar-refractivity contribution in [1.82, 2.24) is 9.55 Å². The van der Waals surface area contributed by atoms with E-state index < -0.39 is 0 Å². The van der Waals surface area contributed by atoms with Gasteiger partial charge >= 0.3 is 0 Å². The van der Waals surface area contributed by atoms with Gasteiger partial charge < -0.3 is 4.57 Å². The molecule has 2 nitrogen and oxygen atoms in total. The largest absolute Gasteiger partial charge is 0.334 e. The quantitative estimate of drug-likeness (QED) is 0.751. The van der Waals surface area contributed by atoms with E-state index >= 15 is 0 Å². The molecule has 0 unspecified atom stereocenters. The summed E-state index contributed by atoms with van der Waals surface area (Å²) in [6, 6.07) is 8.66. The summed E-state index contributed by atoms with van der Waals surface area (Å²) in [5.41, 5.74) is 2.35. The average molecular weight is 244 g/mol. The van der Waals surface area contributed by atoms with Crippen LogP contribution in [-0.2, 0) is 13.0 Å². The highest BCUT2D eigenvalue weighted by molar-refractivity contribution is 7.98. The average Bonchev–Trinajstić information content (AvgIpc) is 2.82. The monoisotopic (exact) mass is 244 g/mol. The second-order valence-electron chi connectivity index (χ2n) is 4.42. The molecule has 2 heterocycles. The summed E-state index contributed by atoms with van der Waals surface area (Å²) < 4.78 is 2.31. The van der Waals surface area contributed by atoms with Crippen molar-refractivity contribution in [3.8, 4) is 11.3 Å². The third-order valence-electron chi connectivity index (χ3n) is 3.29. The SMILES string of the molecule is CSc1ccc(-c2cn3c(n2)CCCC3)cc1. The van der Waals surface area contributed by atoms with Crippen molar-refractivity contribution >= 4 is 11.8 Å². The van der Waals surface area contributed by atoms with Crippen molar-refractivity contribution in [2.75, 3.05) is 6.26 Å². The van der Waals surface area contributed by atoms with Gasteiger partial charge in [-0.3, -0.25) is 0 Å². The molecule has 0 radical (unpaired) electrons. The van der Waals surface area contributed by atoms with Crippen molar-refractivity contribution in [2.24, 2.45) is 0 Å². The molecule has 0 N–H and O–H groups in total. The molecule has 1 aromatic carbocycles. The highest BCUT2D eigenvalue weighted by Gasteiger charge is 2.12. The molecule has 3 heteroatoms. The number of thioether (sulfide) groups is 1. The van der Waals surface area contributed by atoms with Crippen LogP contribution in [0.4, 0.5) is 0 Å². The molecule has 0 bridgehead atoms. The molecule has 0 atom stereocenters. The van der Waals surface area contributed by atoms with E-state index in [1.54, 1.807) is 11.8 Å². The minimum absolute atomic E-state index is 1.12. The number of fused-ring (bicyclic) bond motifs is 1. The van der Waals surface area contributed by atoms with E-state index in [0.29, 0.717) is 0 Å². The molecule has 0 saturated heterocycles. The Morgan fingerprint density at radius 2 is 2.00 bits per heavy atom. The zero-order chi connectivity index (χ0) is 11.7. The predicted octanol–water partition coefficient (Wildman–Crippen LogP) is 3.61. The van der Waals surface area contributed by atoms with Gasteiger partial charge in [0.25, 0.3) is 0 Å². The van der Waals surface area contributed by atoms with Gasteiger partial charge in [0.2, 0.25) is 0 Å². The van der Waals surface area contributed by atoms with Gasteiger partial charge in [0.15, 0.2) is 0 Å². The number of hydrogen-bond acceptors (Lipinski definition) is 2. The van der Waals surface area contributed by atoms with E-state index in [1.807, 2.05) is 0 Å². The molecule has 0 amide bonds. The Bertz CT molecular complexity index is 490. The molecule has 3 rings (SSSR count). The van der Waals surface area contributed by atoms with Crippen LogP contribution in [0.3, 0.4) is 0 Å². The van der Waals surface area contributed by atoms with Crippen LogP contribution in [-0.4, -0.2) is 15.8 Å². The maximum absolute atomic E-state index is 4.73. The van der Waals surface area contributed by atoms with E-state index in [0.717, 1.165) is 18.7 Å². The van der Waals surface area contributed by atoms with Crippen molar-refractivity contribution in [3.05, 3.63) is 36.3 Å². The first-order chi connectivity index (χ1) is 8.36. The third kappa shape index (κ3) is 2.12. The Morgan fingerprint density at radius 1 is 1.18 bits per heavy atom. The van der Waals surface area contributed by atoms with Gasteiger partial charge in [0.05, 0.1) is 5.69 Å². The van der Waals surface area contributed by atoms with Gasteiger partial charge in [-0.15, -0.1) is 11.8 Å². The molecule has 0 aliphatic carbocycles. The molecule has 1 aliphatic heterocycles. The van der Waals surface area contributed by atoms with Crippen molar-refractivity contribution in [1.29, 1.82) is 0 Å². The fourth-order valence-corrected chi connectivity index (χ4v) is 2.72. The maximum atomic E-state index is 4.73. The van der Waals surface area contributed by atoms with Gasteiger partial charge in [-0.2, -0.15) is 0 Å². The lowest BCUT2D eigenvalue weighted by Gasteiger charge is -2.11. The first-order valence-electron chi connectivity index (χ1n) is 6.07. The molecule has 17 heavy (non-hydrogen) atoms. The standard InChI is InChI=1S/C14H16N2S/c1-17-12-7-5-11(6-8-12)13-10-16-9-3-2-4-14(16)15-13/h5-8,10H,2-4,9H2,1H3. The first kappa shape index (κ1) is 10.9. The Balaban J connectivity index is 1.94. The van der Waals surface area contributed by atoms with E-state index in [2.05, 4.69) is 41.3 Å². The smallest absolute Gasteiger partial charge is 0.109 e. The van der Waals surface area contributed by atoms with Gasteiger partial charge in [-0.1, -0.05) is 12.1 Å². The van der Waals surface area contributed by atoms with Crippen LogP contribution in [0.25, 0.3) is 11.3 Å². The fourth-order valence-electron chi connectivity index (χ4n) is 2.31. The Morgan fingerprint density at radius 3 is 2.71 bits per heavy atom. The summed E-state index contributed by atoms with van der Waals surface area (Å²) in [4.78, 5) is 6.04. The molecular weight excluding hydrogens is 228 g/mol. The van der Waals surface area contributed by atoms with Crippen LogP contribution in [0.2, 0.25) is 0 Å². The third-order valence-corrected chi connectivity index (χ3v) is 4.04. The van der Waals surface area contributed by atoms with Gasteiger partial charge in [-0.05, 0) is 31.2 Å².